The fourth-order valence-corrected chi connectivity index (χ4v) is 7.75. The second-order valence-electron chi connectivity index (χ2n) is 17.2. The maximum Gasteiger partial charge on any atom is 0.334 e. The molecule has 0 saturated heterocycles. The SMILES string of the molecule is C/C=C(\C)C(CC)[C@@H](C)[C@@H]1C/C=C(\C)C(=O)O[C@H](CC(C)C)C(=O)N[C@@H](C)C(=O)N(C)[C@H](Cc2ccccc2)C(=O)N(C)CC(=O)N[C@@H](C(C)CC)C(=O)N[C@H](C)C(=O)C1. The predicted molar refractivity (Wildman–Crippen MR) is 234 cm³/mol. The first-order valence-electron chi connectivity index (χ1n) is 21.7. The summed E-state index contributed by atoms with van der Waals surface area (Å²) in [5.41, 5.74) is 2.23. The molecule has 1 heterocycles. The molecule has 5 amide bonds. The van der Waals surface area contributed by atoms with Gasteiger partial charge in [-0.25, -0.2) is 4.79 Å². The topological polar surface area (TPSA) is 171 Å². The molecule has 0 spiro atoms. The largest absolute Gasteiger partial charge is 0.449 e. The Morgan fingerprint density at radius 1 is 0.867 bits per heavy atom. The van der Waals surface area contributed by atoms with E-state index in [4.69, 9.17) is 4.74 Å². The first kappa shape index (κ1) is 51.3. The van der Waals surface area contributed by atoms with E-state index in [2.05, 4.69) is 42.8 Å². The van der Waals surface area contributed by atoms with Crippen LogP contribution in [0.4, 0.5) is 0 Å². The van der Waals surface area contributed by atoms with E-state index in [0.29, 0.717) is 12.8 Å². The number of Topliss-reactive ketones (excluding diaryl/α,β-unsaturated/α-hetero) is 1. The fraction of sp³-hybridized carbons (Fsp3) is 0.638. The highest BCUT2D eigenvalue weighted by atomic mass is 16.5. The van der Waals surface area contributed by atoms with Crippen molar-refractivity contribution in [2.24, 2.45) is 29.6 Å². The summed E-state index contributed by atoms with van der Waals surface area (Å²) in [6, 6.07) is 5.06. The molecule has 2 unspecified atom stereocenters. The van der Waals surface area contributed by atoms with Crippen LogP contribution >= 0.6 is 0 Å². The van der Waals surface area contributed by atoms with Gasteiger partial charge in [0.05, 0.1) is 12.6 Å². The fourth-order valence-electron chi connectivity index (χ4n) is 7.75. The van der Waals surface area contributed by atoms with Crippen molar-refractivity contribution < 1.29 is 38.3 Å². The lowest BCUT2D eigenvalue weighted by molar-refractivity contribution is -0.154. The quantitative estimate of drug-likeness (QED) is 0.203. The number of ether oxygens (including phenoxy) is 1. The maximum atomic E-state index is 14.2. The zero-order chi connectivity index (χ0) is 45.4. The normalized spacial score (nSPS) is 26.9. The highest BCUT2D eigenvalue weighted by Crippen LogP contribution is 2.34. The van der Waals surface area contributed by atoms with E-state index in [-0.39, 0.29) is 60.2 Å². The minimum atomic E-state index is -1.21. The van der Waals surface area contributed by atoms with Gasteiger partial charge in [-0.2, -0.15) is 0 Å². The van der Waals surface area contributed by atoms with Gasteiger partial charge in [-0.15, -0.1) is 0 Å². The van der Waals surface area contributed by atoms with E-state index in [1.165, 1.54) is 36.4 Å². The third kappa shape index (κ3) is 15.0. The van der Waals surface area contributed by atoms with Crippen molar-refractivity contribution in [1.29, 1.82) is 0 Å². The first-order valence-corrected chi connectivity index (χ1v) is 21.7. The summed E-state index contributed by atoms with van der Waals surface area (Å²) in [5, 5.41) is 8.36. The van der Waals surface area contributed by atoms with Gasteiger partial charge in [-0.1, -0.05) is 96.0 Å². The van der Waals surface area contributed by atoms with Crippen LogP contribution in [0.3, 0.4) is 0 Å². The molecule has 13 nitrogen and oxygen atoms in total. The van der Waals surface area contributed by atoms with Gasteiger partial charge >= 0.3 is 5.97 Å². The second kappa shape index (κ2) is 24.4. The minimum Gasteiger partial charge on any atom is -0.449 e. The molecule has 1 aromatic carbocycles. The molecule has 13 heteroatoms. The summed E-state index contributed by atoms with van der Waals surface area (Å²) < 4.78 is 5.82. The lowest BCUT2D eigenvalue weighted by Gasteiger charge is -2.33. The number of carbonyl (C=O) groups is 7. The molecule has 0 fully saturated rings. The molecular weight excluding hydrogens is 763 g/mol. The summed E-state index contributed by atoms with van der Waals surface area (Å²) in [7, 11) is 2.92. The van der Waals surface area contributed by atoms with E-state index in [0.717, 1.165) is 12.0 Å². The number of hydrogen-bond acceptors (Lipinski definition) is 8. The number of nitrogens with one attached hydrogen (secondary N) is 3. The van der Waals surface area contributed by atoms with Gasteiger partial charge in [-0.05, 0) is 89.0 Å². The molecule has 1 aliphatic rings. The van der Waals surface area contributed by atoms with E-state index in [1.54, 1.807) is 19.9 Å². The van der Waals surface area contributed by atoms with Crippen LogP contribution in [-0.4, -0.2) is 102 Å². The highest BCUT2D eigenvalue weighted by Gasteiger charge is 2.36. The van der Waals surface area contributed by atoms with Gasteiger partial charge in [0.1, 0.15) is 18.1 Å². The van der Waals surface area contributed by atoms with Crippen LogP contribution in [0.15, 0.2) is 53.6 Å². The Morgan fingerprint density at radius 2 is 1.48 bits per heavy atom. The van der Waals surface area contributed by atoms with Crippen LogP contribution in [-0.2, 0) is 44.7 Å². The standard InChI is InChI=1S/C47H73N5O8/c1-14-29(6)37(16-3)32(9)36-23-22-31(8)47(59)60-40(24-28(4)5)43(55)49-34(11)45(57)52(13)38(25-35-20-18-17-19-21-35)46(58)51(12)27-41(54)50-42(30(7)15-2)44(56)48-33(10)39(53)26-36/h14,17-22,28,30,32-34,36-38,40,42H,15-16,23-27H2,1-13H3,(H,48,56)(H,49,55)(H,50,54)/b29-14+,31-22+/t30?,32-,33+,34-,36+,37?,38+,40+,42-/m0/s1. The van der Waals surface area contributed by atoms with E-state index >= 15 is 0 Å². The molecule has 2 rings (SSSR count). The van der Waals surface area contributed by atoms with Crippen LogP contribution in [0.1, 0.15) is 114 Å². The molecule has 334 valence electrons. The van der Waals surface area contributed by atoms with Crippen molar-refractivity contribution in [3.63, 3.8) is 0 Å². The van der Waals surface area contributed by atoms with Gasteiger partial charge in [-0.3, -0.25) is 28.8 Å². The third-order valence-electron chi connectivity index (χ3n) is 12.1. The van der Waals surface area contributed by atoms with Gasteiger partial charge < -0.3 is 30.5 Å². The molecule has 1 aromatic rings. The monoisotopic (exact) mass is 836 g/mol. The van der Waals surface area contributed by atoms with E-state index in [9.17, 15) is 33.6 Å². The Morgan fingerprint density at radius 3 is 2.05 bits per heavy atom. The summed E-state index contributed by atoms with van der Waals surface area (Å²) in [6.07, 6.45) is 4.79. The lowest BCUT2D eigenvalue weighted by atomic mass is 9.74. The summed E-state index contributed by atoms with van der Waals surface area (Å²) >= 11 is 0. The Kier molecular flexibility index (Phi) is 20.9. The summed E-state index contributed by atoms with van der Waals surface area (Å²) in [5.74, 6) is -4.11. The Labute approximate surface area is 358 Å². The number of nitrogens with zero attached hydrogens (tertiary/aromatic N) is 2. The van der Waals surface area contributed by atoms with E-state index < -0.39 is 72.3 Å². The number of benzene rings is 1. The maximum absolute atomic E-state index is 14.2. The highest BCUT2D eigenvalue weighted by molar-refractivity contribution is 5.96. The molecule has 0 saturated carbocycles. The van der Waals surface area contributed by atoms with Gasteiger partial charge in [0.25, 0.3) is 5.91 Å². The van der Waals surface area contributed by atoms with Gasteiger partial charge in [0.15, 0.2) is 11.9 Å². The molecular formula is C47H73N5O8. The second-order valence-corrected chi connectivity index (χ2v) is 17.2. The van der Waals surface area contributed by atoms with Crippen molar-refractivity contribution in [2.75, 3.05) is 20.6 Å². The molecule has 1 aliphatic heterocycles. The first-order chi connectivity index (χ1) is 28.2. The van der Waals surface area contributed by atoms with Crippen molar-refractivity contribution in [3.05, 3.63) is 59.2 Å². The average molecular weight is 836 g/mol. The smallest absolute Gasteiger partial charge is 0.334 e. The van der Waals surface area contributed by atoms with Crippen molar-refractivity contribution in [3.8, 4) is 0 Å². The summed E-state index contributed by atoms with van der Waals surface area (Å²) in [6.45, 7) is 20.1. The molecule has 0 radical (unpaired) electrons. The zero-order valence-corrected chi connectivity index (χ0v) is 38.4. The molecule has 0 aromatic heterocycles. The molecule has 60 heavy (non-hydrogen) atoms. The number of cyclic esters (lactones) is 1. The van der Waals surface area contributed by atoms with Crippen LogP contribution in [0.5, 0.6) is 0 Å². The predicted octanol–water partition coefficient (Wildman–Crippen LogP) is 5.57. The zero-order valence-electron chi connectivity index (χ0n) is 38.4. The number of rotatable bonds is 10. The summed E-state index contributed by atoms with van der Waals surface area (Å²) in [4.78, 5) is 99.3. The van der Waals surface area contributed by atoms with Crippen LogP contribution in [0.25, 0.3) is 0 Å². The number of carbonyl (C=O) groups excluding carboxylic acids is 7. The molecule has 3 N–H and O–H groups in total. The van der Waals surface area contributed by atoms with Crippen LogP contribution < -0.4 is 16.0 Å². The number of esters is 1. The number of hydrogen-bond donors (Lipinski definition) is 3. The number of likely N-dealkylation sites (N-methyl/N-ethyl adjacent to an activating group) is 2. The number of ketones is 1. The lowest BCUT2D eigenvalue weighted by Crippen LogP contribution is -2.57. The number of amides is 5. The Balaban J connectivity index is 2.67. The Bertz CT molecular complexity index is 1710. The third-order valence-corrected chi connectivity index (χ3v) is 12.1. The molecule has 9 atom stereocenters. The van der Waals surface area contributed by atoms with Crippen LogP contribution in [0.2, 0.25) is 0 Å². The van der Waals surface area contributed by atoms with Crippen LogP contribution in [0, 0.1) is 29.6 Å². The molecule has 0 bridgehead atoms. The number of allylic oxidation sites excluding steroid dienone is 3. The minimum absolute atomic E-state index is 0.0208. The van der Waals surface area contributed by atoms with E-state index in [1.807, 2.05) is 65.0 Å². The van der Waals surface area contributed by atoms with Gasteiger partial charge in [0.2, 0.25) is 23.6 Å². The van der Waals surface area contributed by atoms with Crippen molar-refractivity contribution in [1.82, 2.24) is 25.8 Å². The van der Waals surface area contributed by atoms with Gasteiger partial charge in [0, 0.05) is 32.5 Å². The Hall–Kier alpha value is -4.81. The van der Waals surface area contributed by atoms with Crippen molar-refractivity contribution in [2.45, 2.75) is 145 Å². The average Bonchev–Trinajstić information content (AvgIpc) is 3.21. The molecule has 0 aliphatic carbocycles. The van der Waals surface area contributed by atoms with Crippen molar-refractivity contribution >= 4 is 41.3 Å².